The molecule has 1 aromatic heterocycles. The van der Waals surface area contributed by atoms with E-state index in [0.29, 0.717) is 11.7 Å². The third-order valence-corrected chi connectivity index (χ3v) is 4.63. The van der Waals surface area contributed by atoms with Crippen molar-refractivity contribution in [2.45, 2.75) is 58.0 Å². The molecule has 0 bridgehead atoms. The molecule has 2 aliphatic rings. The topological polar surface area (TPSA) is 61.0 Å². The first-order valence-electron chi connectivity index (χ1n) is 7.89. The molecule has 3 rings (SSSR count). The van der Waals surface area contributed by atoms with Crippen LogP contribution < -0.4 is 5.32 Å². The van der Waals surface area contributed by atoms with E-state index in [0.717, 1.165) is 50.2 Å². The average molecular weight is 313 g/mol. The maximum Gasteiger partial charge on any atom is 0.274 e. The number of fused-ring (bicyclic) bond motifs is 1. The molecular weight excluding hydrogens is 288 g/mol. The monoisotopic (exact) mass is 312 g/mol. The molecule has 118 valence electrons. The van der Waals surface area contributed by atoms with Crippen LogP contribution in [0.25, 0.3) is 0 Å². The van der Waals surface area contributed by atoms with Gasteiger partial charge in [0.25, 0.3) is 5.91 Å². The molecule has 0 aromatic carbocycles. The van der Waals surface area contributed by atoms with E-state index in [1.165, 1.54) is 19.3 Å². The van der Waals surface area contributed by atoms with Crippen molar-refractivity contribution in [3.63, 3.8) is 0 Å². The SMILES string of the molecule is CCN(C(=O)c1n[nH]c2c1CNCC2)C1CCCCC1.Cl. The Hall–Kier alpha value is -1.07. The fourth-order valence-corrected chi connectivity index (χ4v) is 3.50. The van der Waals surface area contributed by atoms with Gasteiger partial charge in [0, 0.05) is 43.4 Å². The van der Waals surface area contributed by atoms with Crippen LogP contribution in [0.2, 0.25) is 0 Å². The second-order valence-electron chi connectivity index (χ2n) is 5.84. The van der Waals surface area contributed by atoms with Crippen LogP contribution in [0.4, 0.5) is 0 Å². The van der Waals surface area contributed by atoms with Gasteiger partial charge in [0.2, 0.25) is 0 Å². The number of carbonyl (C=O) groups excluding carboxylic acids is 1. The number of carbonyl (C=O) groups is 1. The van der Waals surface area contributed by atoms with Crippen LogP contribution in [0.5, 0.6) is 0 Å². The standard InChI is InChI=1S/C15H24N4O.ClH/c1-2-19(11-6-4-3-5-7-11)15(20)14-12-10-16-9-8-13(12)17-18-14;/h11,16H,2-10H2,1H3,(H,17,18);1H. The van der Waals surface area contributed by atoms with Gasteiger partial charge in [-0.15, -0.1) is 12.4 Å². The van der Waals surface area contributed by atoms with E-state index < -0.39 is 0 Å². The Morgan fingerprint density at radius 3 is 2.81 bits per heavy atom. The van der Waals surface area contributed by atoms with Gasteiger partial charge in [-0.25, -0.2) is 0 Å². The molecule has 0 atom stereocenters. The first kappa shape index (κ1) is 16.3. The largest absolute Gasteiger partial charge is 0.335 e. The van der Waals surface area contributed by atoms with Gasteiger partial charge >= 0.3 is 0 Å². The number of H-pyrrole nitrogens is 1. The van der Waals surface area contributed by atoms with Crippen molar-refractivity contribution in [1.29, 1.82) is 0 Å². The molecule has 1 aliphatic carbocycles. The summed E-state index contributed by atoms with van der Waals surface area (Å²) in [6.07, 6.45) is 7.02. The lowest BCUT2D eigenvalue weighted by molar-refractivity contribution is 0.0640. The highest BCUT2D eigenvalue weighted by molar-refractivity contribution is 5.94. The summed E-state index contributed by atoms with van der Waals surface area (Å²) in [6.45, 7) is 4.57. The van der Waals surface area contributed by atoms with E-state index in [9.17, 15) is 4.79 Å². The van der Waals surface area contributed by atoms with E-state index in [2.05, 4.69) is 22.4 Å². The summed E-state index contributed by atoms with van der Waals surface area (Å²) in [7, 11) is 0. The van der Waals surface area contributed by atoms with Crippen LogP contribution in [0.3, 0.4) is 0 Å². The smallest absolute Gasteiger partial charge is 0.274 e. The van der Waals surface area contributed by atoms with Gasteiger partial charge in [-0.2, -0.15) is 5.10 Å². The Morgan fingerprint density at radius 2 is 2.10 bits per heavy atom. The van der Waals surface area contributed by atoms with Gasteiger partial charge in [0.15, 0.2) is 5.69 Å². The summed E-state index contributed by atoms with van der Waals surface area (Å²) < 4.78 is 0. The molecular formula is C15H25ClN4O. The molecule has 1 fully saturated rings. The molecule has 0 spiro atoms. The van der Waals surface area contributed by atoms with Crippen molar-refractivity contribution in [2.24, 2.45) is 0 Å². The third kappa shape index (κ3) is 3.24. The second kappa shape index (κ2) is 7.27. The predicted molar refractivity (Wildman–Crippen MR) is 84.8 cm³/mol. The fourth-order valence-electron chi connectivity index (χ4n) is 3.50. The maximum atomic E-state index is 12.8. The van der Waals surface area contributed by atoms with Crippen LogP contribution in [-0.2, 0) is 13.0 Å². The number of halogens is 1. The highest BCUT2D eigenvalue weighted by Gasteiger charge is 2.29. The zero-order valence-corrected chi connectivity index (χ0v) is 13.5. The molecule has 1 aromatic rings. The lowest BCUT2D eigenvalue weighted by Gasteiger charge is -2.33. The van der Waals surface area contributed by atoms with Crippen molar-refractivity contribution >= 4 is 18.3 Å². The minimum atomic E-state index is 0. The summed E-state index contributed by atoms with van der Waals surface area (Å²) >= 11 is 0. The number of nitrogens with one attached hydrogen (secondary N) is 2. The molecule has 1 amide bonds. The van der Waals surface area contributed by atoms with Gasteiger partial charge in [0.05, 0.1) is 0 Å². The predicted octanol–water partition coefficient (Wildman–Crippen LogP) is 2.27. The van der Waals surface area contributed by atoms with Crippen molar-refractivity contribution in [2.75, 3.05) is 13.1 Å². The van der Waals surface area contributed by atoms with Gasteiger partial charge < -0.3 is 10.2 Å². The number of hydrogen-bond donors (Lipinski definition) is 2. The molecule has 0 radical (unpaired) electrons. The second-order valence-corrected chi connectivity index (χ2v) is 5.84. The highest BCUT2D eigenvalue weighted by Crippen LogP contribution is 2.25. The molecule has 5 nitrogen and oxygen atoms in total. The number of rotatable bonds is 3. The van der Waals surface area contributed by atoms with Crippen LogP contribution >= 0.6 is 12.4 Å². The minimum Gasteiger partial charge on any atom is -0.335 e. The summed E-state index contributed by atoms with van der Waals surface area (Å²) in [4.78, 5) is 14.9. The maximum absolute atomic E-state index is 12.8. The zero-order valence-electron chi connectivity index (χ0n) is 12.7. The van der Waals surface area contributed by atoms with Gasteiger partial charge in [0.1, 0.15) is 0 Å². The van der Waals surface area contributed by atoms with Gasteiger partial charge in [-0.05, 0) is 19.8 Å². The molecule has 1 saturated carbocycles. The van der Waals surface area contributed by atoms with Crippen LogP contribution in [-0.4, -0.2) is 40.1 Å². The quantitative estimate of drug-likeness (QED) is 0.900. The Labute approximate surface area is 132 Å². The Kier molecular flexibility index (Phi) is 5.65. The number of aromatic amines is 1. The first-order chi connectivity index (χ1) is 9.81. The van der Waals surface area contributed by atoms with E-state index in [4.69, 9.17) is 0 Å². The van der Waals surface area contributed by atoms with E-state index in [1.807, 2.05) is 4.90 Å². The van der Waals surface area contributed by atoms with Crippen molar-refractivity contribution in [3.8, 4) is 0 Å². The molecule has 1 aliphatic heterocycles. The first-order valence-corrected chi connectivity index (χ1v) is 7.89. The van der Waals surface area contributed by atoms with Crippen molar-refractivity contribution < 1.29 is 4.79 Å². The van der Waals surface area contributed by atoms with Gasteiger partial charge in [-0.3, -0.25) is 9.89 Å². The van der Waals surface area contributed by atoms with Crippen molar-refractivity contribution in [1.82, 2.24) is 20.4 Å². The highest BCUT2D eigenvalue weighted by atomic mass is 35.5. The minimum absolute atomic E-state index is 0. The zero-order chi connectivity index (χ0) is 13.9. The number of aromatic nitrogens is 2. The molecule has 0 saturated heterocycles. The Morgan fingerprint density at radius 1 is 1.33 bits per heavy atom. The summed E-state index contributed by atoms with van der Waals surface area (Å²) in [5.41, 5.74) is 2.85. The number of amides is 1. The average Bonchev–Trinajstić information content (AvgIpc) is 2.93. The third-order valence-electron chi connectivity index (χ3n) is 4.63. The van der Waals surface area contributed by atoms with E-state index >= 15 is 0 Å². The fraction of sp³-hybridized carbons (Fsp3) is 0.733. The molecule has 6 heteroatoms. The lowest BCUT2D eigenvalue weighted by atomic mass is 9.93. The van der Waals surface area contributed by atoms with E-state index in [-0.39, 0.29) is 18.3 Å². The Bertz CT molecular complexity index is 482. The van der Waals surface area contributed by atoms with Crippen molar-refractivity contribution in [3.05, 3.63) is 17.0 Å². The molecule has 0 unspecified atom stereocenters. The molecule has 2 heterocycles. The molecule has 21 heavy (non-hydrogen) atoms. The Balaban J connectivity index is 0.00000161. The summed E-state index contributed by atoms with van der Waals surface area (Å²) in [6, 6.07) is 0.408. The van der Waals surface area contributed by atoms with Crippen LogP contribution in [0.15, 0.2) is 0 Å². The van der Waals surface area contributed by atoms with E-state index in [1.54, 1.807) is 0 Å². The number of hydrogen-bond acceptors (Lipinski definition) is 3. The molecule has 2 N–H and O–H groups in total. The lowest BCUT2D eigenvalue weighted by Crippen LogP contribution is -2.42. The van der Waals surface area contributed by atoms with Crippen LogP contribution in [0, 0.1) is 0 Å². The van der Waals surface area contributed by atoms with Gasteiger partial charge in [-0.1, -0.05) is 19.3 Å². The normalized spacial score (nSPS) is 18.7. The summed E-state index contributed by atoms with van der Waals surface area (Å²) in [5, 5.41) is 10.7. The summed E-state index contributed by atoms with van der Waals surface area (Å²) in [5.74, 6) is 0.112. The van der Waals surface area contributed by atoms with Crippen LogP contribution in [0.1, 0.15) is 60.8 Å². The number of nitrogens with zero attached hydrogens (tertiary/aromatic N) is 2.